The molecule has 0 aromatic rings. The first kappa shape index (κ1) is 13.0. The van der Waals surface area contributed by atoms with Gasteiger partial charge in [0, 0.05) is 6.54 Å². The van der Waals surface area contributed by atoms with Crippen molar-refractivity contribution in [2.75, 3.05) is 20.2 Å². The predicted molar refractivity (Wildman–Crippen MR) is 59.6 cm³/mol. The number of methoxy groups -OCH3 is 1. The van der Waals surface area contributed by atoms with Crippen molar-refractivity contribution in [1.29, 1.82) is 0 Å². The molecule has 1 heterocycles. The Bertz CT molecular complexity index is 293. The van der Waals surface area contributed by atoms with Crippen molar-refractivity contribution in [3.63, 3.8) is 0 Å². The molecule has 0 radical (unpaired) electrons. The van der Waals surface area contributed by atoms with E-state index in [1.807, 2.05) is 13.8 Å². The van der Waals surface area contributed by atoms with E-state index in [0.717, 1.165) is 6.42 Å². The van der Waals surface area contributed by atoms with Crippen LogP contribution in [0.1, 0.15) is 26.7 Å². The van der Waals surface area contributed by atoms with Crippen molar-refractivity contribution in [3.8, 4) is 0 Å². The van der Waals surface area contributed by atoms with Gasteiger partial charge in [0.25, 0.3) is 0 Å². The van der Waals surface area contributed by atoms with Gasteiger partial charge in [-0.05, 0) is 12.3 Å². The molecule has 1 saturated heterocycles. The van der Waals surface area contributed by atoms with E-state index in [0.29, 0.717) is 13.0 Å². The lowest BCUT2D eigenvalue weighted by Crippen LogP contribution is -2.53. The summed E-state index contributed by atoms with van der Waals surface area (Å²) < 4.78 is 4.54. The van der Waals surface area contributed by atoms with E-state index in [9.17, 15) is 9.59 Å². The molecule has 5 nitrogen and oxygen atoms in total. The molecule has 2 N–H and O–H groups in total. The summed E-state index contributed by atoms with van der Waals surface area (Å²) in [6, 6.07) is 0. The first-order chi connectivity index (χ1) is 7.45. The Hall–Kier alpha value is -1.10. The Labute approximate surface area is 95.9 Å². The summed E-state index contributed by atoms with van der Waals surface area (Å²) in [5.74, 6) is -0.406. The van der Waals surface area contributed by atoms with Gasteiger partial charge in [0.15, 0.2) is 0 Å². The molecule has 1 amide bonds. The van der Waals surface area contributed by atoms with Crippen molar-refractivity contribution in [2.45, 2.75) is 32.2 Å². The highest BCUT2D eigenvalue weighted by atomic mass is 16.5. The number of ether oxygens (including phenoxy) is 1. The third-order valence-corrected chi connectivity index (χ3v) is 3.52. The average Bonchev–Trinajstić information content (AvgIpc) is 2.57. The van der Waals surface area contributed by atoms with Crippen LogP contribution >= 0.6 is 0 Å². The van der Waals surface area contributed by atoms with Gasteiger partial charge in [-0.3, -0.25) is 9.59 Å². The van der Waals surface area contributed by atoms with Crippen LogP contribution in [0.3, 0.4) is 0 Å². The van der Waals surface area contributed by atoms with Gasteiger partial charge in [-0.25, -0.2) is 0 Å². The number of rotatable bonds is 4. The maximum Gasteiger partial charge on any atom is 0.325 e. The number of carbonyl (C=O) groups excluding carboxylic acids is 2. The molecule has 0 saturated carbocycles. The topological polar surface area (TPSA) is 72.6 Å². The van der Waals surface area contributed by atoms with Crippen molar-refractivity contribution in [1.82, 2.24) is 4.90 Å². The van der Waals surface area contributed by atoms with Gasteiger partial charge in [0.1, 0.15) is 6.54 Å². The van der Waals surface area contributed by atoms with Gasteiger partial charge in [0.2, 0.25) is 5.91 Å². The minimum Gasteiger partial charge on any atom is -0.468 e. The Morgan fingerprint density at radius 1 is 1.69 bits per heavy atom. The Morgan fingerprint density at radius 3 is 2.81 bits per heavy atom. The second-order valence-electron chi connectivity index (χ2n) is 4.40. The maximum absolute atomic E-state index is 12.1. The third kappa shape index (κ3) is 2.19. The lowest BCUT2D eigenvalue weighted by atomic mass is 9.83. The number of hydrogen-bond donors (Lipinski definition) is 1. The molecule has 0 spiro atoms. The molecule has 1 rings (SSSR count). The smallest absolute Gasteiger partial charge is 0.325 e. The van der Waals surface area contributed by atoms with Crippen LogP contribution in [0, 0.1) is 5.92 Å². The highest BCUT2D eigenvalue weighted by Gasteiger charge is 2.46. The highest BCUT2D eigenvalue weighted by molar-refractivity contribution is 5.91. The summed E-state index contributed by atoms with van der Waals surface area (Å²) in [6.07, 6.45) is 1.46. The van der Waals surface area contributed by atoms with Crippen molar-refractivity contribution in [3.05, 3.63) is 0 Å². The SMILES string of the molecule is CC[C@H](C)[C@@]1(N)CCN(CC(=O)OC)C1=O. The largest absolute Gasteiger partial charge is 0.468 e. The summed E-state index contributed by atoms with van der Waals surface area (Å²) in [4.78, 5) is 24.7. The van der Waals surface area contributed by atoms with Crippen molar-refractivity contribution < 1.29 is 14.3 Å². The number of amides is 1. The van der Waals surface area contributed by atoms with E-state index in [1.165, 1.54) is 12.0 Å². The van der Waals surface area contributed by atoms with Crippen LogP contribution in [0.2, 0.25) is 0 Å². The minimum absolute atomic E-state index is 0.00468. The molecule has 5 heteroatoms. The van der Waals surface area contributed by atoms with Crippen molar-refractivity contribution >= 4 is 11.9 Å². The van der Waals surface area contributed by atoms with Gasteiger partial charge in [0.05, 0.1) is 12.6 Å². The molecule has 0 aromatic heterocycles. The lowest BCUT2D eigenvalue weighted by molar-refractivity contribution is -0.146. The number of esters is 1. The third-order valence-electron chi connectivity index (χ3n) is 3.52. The molecule has 1 aliphatic heterocycles. The molecule has 2 atom stereocenters. The Morgan fingerprint density at radius 2 is 2.31 bits per heavy atom. The number of nitrogens with two attached hydrogens (primary N) is 1. The molecule has 16 heavy (non-hydrogen) atoms. The van der Waals surface area contributed by atoms with E-state index in [2.05, 4.69) is 4.74 Å². The van der Waals surface area contributed by atoms with E-state index in [-0.39, 0.29) is 18.4 Å². The average molecular weight is 228 g/mol. The summed E-state index contributed by atoms with van der Waals surface area (Å²) >= 11 is 0. The summed E-state index contributed by atoms with van der Waals surface area (Å²) in [6.45, 7) is 4.52. The zero-order valence-corrected chi connectivity index (χ0v) is 10.2. The molecular formula is C11H20N2O3. The number of hydrogen-bond acceptors (Lipinski definition) is 4. The van der Waals surface area contributed by atoms with Gasteiger partial charge in [-0.1, -0.05) is 20.3 Å². The first-order valence-corrected chi connectivity index (χ1v) is 5.60. The zero-order valence-electron chi connectivity index (χ0n) is 10.2. The summed E-state index contributed by atoms with van der Waals surface area (Å²) in [5.41, 5.74) is 5.32. The fraction of sp³-hybridized carbons (Fsp3) is 0.818. The first-order valence-electron chi connectivity index (χ1n) is 5.60. The number of carbonyl (C=O) groups is 2. The van der Waals surface area contributed by atoms with Crippen LogP contribution in [-0.4, -0.2) is 42.5 Å². The second-order valence-corrected chi connectivity index (χ2v) is 4.40. The lowest BCUT2D eigenvalue weighted by Gasteiger charge is -2.28. The minimum atomic E-state index is -0.803. The van der Waals surface area contributed by atoms with Crippen LogP contribution in [0.15, 0.2) is 0 Å². The molecule has 0 bridgehead atoms. The van der Waals surface area contributed by atoms with Crippen LogP contribution in [0.25, 0.3) is 0 Å². The standard InChI is InChI=1S/C11H20N2O3/c1-4-8(2)11(12)5-6-13(10(11)15)7-9(14)16-3/h8H,4-7,12H2,1-3H3/t8-,11-/m0/s1. The molecule has 1 aliphatic rings. The molecule has 0 unspecified atom stereocenters. The fourth-order valence-corrected chi connectivity index (χ4v) is 2.02. The Kier molecular flexibility index (Phi) is 3.91. The van der Waals surface area contributed by atoms with Gasteiger partial charge >= 0.3 is 5.97 Å². The summed E-state index contributed by atoms with van der Waals surface area (Å²) in [5, 5.41) is 0. The monoisotopic (exact) mass is 228 g/mol. The van der Waals surface area contributed by atoms with Crippen molar-refractivity contribution in [2.24, 2.45) is 11.7 Å². The molecule has 92 valence electrons. The van der Waals surface area contributed by atoms with Crippen LogP contribution in [-0.2, 0) is 14.3 Å². The van der Waals surface area contributed by atoms with Gasteiger partial charge < -0.3 is 15.4 Å². The van der Waals surface area contributed by atoms with E-state index in [1.54, 1.807) is 0 Å². The molecular weight excluding hydrogens is 208 g/mol. The van der Waals surface area contributed by atoms with Crippen LogP contribution < -0.4 is 5.73 Å². The van der Waals surface area contributed by atoms with E-state index < -0.39 is 11.5 Å². The Balaban J connectivity index is 2.70. The predicted octanol–water partition coefficient (Wildman–Crippen LogP) is 0.135. The molecule has 0 aromatic carbocycles. The number of nitrogens with zero attached hydrogens (tertiary/aromatic N) is 1. The second kappa shape index (κ2) is 4.82. The zero-order chi connectivity index (χ0) is 12.3. The maximum atomic E-state index is 12.1. The highest BCUT2D eigenvalue weighted by Crippen LogP contribution is 2.29. The van der Waals surface area contributed by atoms with Gasteiger partial charge in [-0.2, -0.15) is 0 Å². The van der Waals surface area contributed by atoms with Crippen LogP contribution in [0.5, 0.6) is 0 Å². The van der Waals surface area contributed by atoms with E-state index >= 15 is 0 Å². The van der Waals surface area contributed by atoms with Crippen LogP contribution in [0.4, 0.5) is 0 Å². The quantitative estimate of drug-likeness (QED) is 0.694. The summed E-state index contributed by atoms with van der Waals surface area (Å²) in [7, 11) is 1.31. The molecule has 1 fully saturated rings. The fourth-order valence-electron chi connectivity index (χ4n) is 2.02. The normalized spacial score (nSPS) is 27.0. The number of likely N-dealkylation sites (tertiary alicyclic amines) is 1. The van der Waals surface area contributed by atoms with E-state index in [4.69, 9.17) is 5.73 Å². The van der Waals surface area contributed by atoms with Gasteiger partial charge in [-0.15, -0.1) is 0 Å². The molecule has 0 aliphatic carbocycles.